The van der Waals surface area contributed by atoms with Crippen molar-refractivity contribution in [1.82, 2.24) is 5.32 Å². The number of carbonyl (C=O) groups excluding carboxylic acids is 2. The van der Waals surface area contributed by atoms with Gasteiger partial charge in [-0.25, -0.2) is 8.78 Å². The fourth-order valence-corrected chi connectivity index (χ4v) is 4.86. The van der Waals surface area contributed by atoms with Gasteiger partial charge in [0.2, 0.25) is 0 Å². The molecule has 2 aliphatic heterocycles. The van der Waals surface area contributed by atoms with Crippen LogP contribution in [-0.2, 0) is 10.9 Å². The van der Waals surface area contributed by atoms with E-state index in [1.807, 2.05) is 0 Å². The minimum atomic E-state index is -4.87. The number of nitrogens with one attached hydrogen (secondary N) is 2. The third kappa shape index (κ3) is 4.91. The topological polar surface area (TPSA) is 67.4 Å². The second kappa shape index (κ2) is 9.42. The number of benzene rings is 3. The van der Waals surface area contributed by atoms with Crippen LogP contribution in [0.5, 0.6) is 0 Å². The van der Waals surface area contributed by atoms with Crippen molar-refractivity contribution in [3.05, 3.63) is 98.6 Å². The summed E-state index contributed by atoms with van der Waals surface area (Å²) < 4.78 is 73.3. The van der Waals surface area contributed by atoms with Gasteiger partial charge in [-0.15, -0.1) is 0 Å². The predicted molar refractivity (Wildman–Crippen MR) is 124 cm³/mol. The molecule has 3 aromatic rings. The molecule has 2 aliphatic rings. The van der Waals surface area contributed by atoms with Gasteiger partial charge in [0.1, 0.15) is 11.6 Å². The van der Waals surface area contributed by atoms with E-state index in [9.17, 15) is 31.5 Å². The predicted octanol–water partition coefficient (Wildman–Crippen LogP) is 6.57. The van der Waals surface area contributed by atoms with Crippen LogP contribution in [0.4, 0.5) is 27.6 Å². The quantitative estimate of drug-likeness (QED) is 0.370. The van der Waals surface area contributed by atoms with E-state index >= 15 is 0 Å². The number of fused-ring (bicyclic) bond motifs is 1. The van der Waals surface area contributed by atoms with Gasteiger partial charge in [0.25, 0.3) is 11.8 Å². The highest BCUT2D eigenvalue weighted by Crippen LogP contribution is 2.42. The van der Waals surface area contributed by atoms with Gasteiger partial charge in [-0.05, 0) is 66.9 Å². The van der Waals surface area contributed by atoms with Crippen LogP contribution in [0.1, 0.15) is 68.0 Å². The largest absolute Gasteiger partial charge is 0.416 e. The van der Waals surface area contributed by atoms with Crippen LogP contribution in [0.25, 0.3) is 0 Å². The Kier molecular flexibility index (Phi) is 6.41. The number of rotatable bonds is 4. The first-order valence-corrected chi connectivity index (χ1v) is 11.6. The van der Waals surface area contributed by atoms with Crippen LogP contribution >= 0.6 is 11.6 Å². The first-order chi connectivity index (χ1) is 17.5. The number of hydrogen-bond acceptors (Lipinski definition) is 3. The van der Waals surface area contributed by atoms with E-state index in [2.05, 4.69) is 10.6 Å². The Balaban J connectivity index is 1.62. The van der Waals surface area contributed by atoms with Crippen LogP contribution in [0, 0.1) is 11.6 Å². The van der Waals surface area contributed by atoms with Crippen molar-refractivity contribution in [2.45, 2.75) is 31.2 Å². The lowest BCUT2D eigenvalue weighted by Gasteiger charge is -2.20. The Morgan fingerprint density at radius 2 is 1.84 bits per heavy atom. The molecule has 3 aromatic carbocycles. The molecule has 0 aliphatic carbocycles. The lowest BCUT2D eigenvalue weighted by molar-refractivity contribution is -0.137. The zero-order chi connectivity index (χ0) is 26.5. The molecule has 1 fully saturated rings. The fraction of sp³-hybridized carbons (Fsp3) is 0.231. The van der Waals surface area contributed by atoms with Crippen molar-refractivity contribution in [2.24, 2.45) is 0 Å². The zero-order valence-corrected chi connectivity index (χ0v) is 19.6. The monoisotopic (exact) mass is 536 g/mol. The van der Waals surface area contributed by atoms with E-state index in [4.69, 9.17) is 16.3 Å². The van der Waals surface area contributed by atoms with Crippen molar-refractivity contribution in [2.75, 3.05) is 11.9 Å². The lowest BCUT2D eigenvalue weighted by atomic mass is 9.92. The Morgan fingerprint density at radius 3 is 2.54 bits per heavy atom. The zero-order valence-electron chi connectivity index (χ0n) is 18.9. The number of ether oxygens (including phenoxy) is 1. The molecule has 2 unspecified atom stereocenters. The highest BCUT2D eigenvalue weighted by Gasteiger charge is 2.36. The molecule has 5 nitrogen and oxygen atoms in total. The molecule has 2 atom stereocenters. The summed E-state index contributed by atoms with van der Waals surface area (Å²) in [7, 11) is 0. The van der Waals surface area contributed by atoms with Crippen molar-refractivity contribution in [3.63, 3.8) is 0 Å². The number of anilines is 1. The van der Waals surface area contributed by atoms with Crippen molar-refractivity contribution < 1.29 is 36.3 Å². The molecule has 2 heterocycles. The Morgan fingerprint density at radius 1 is 1.05 bits per heavy atom. The molecule has 2 amide bonds. The van der Waals surface area contributed by atoms with Crippen LogP contribution in [0.2, 0.25) is 5.02 Å². The molecule has 0 bridgehead atoms. The summed E-state index contributed by atoms with van der Waals surface area (Å²) in [5.41, 5.74) is -0.598. The molecule has 11 heteroatoms. The van der Waals surface area contributed by atoms with Crippen LogP contribution in [0.3, 0.4) is 0 Å². The lowest BCUT2D eigenvalue weighted by Crippen LogP contribution is -2.21. The molecular weight excluding hydrogens is 519 g/mol. The fourth-order valence-electron chi connectivity index (χ4n) is 4.63. The van der Waals surface area contributed by atoms with Gasteiger partial charge in [-0.2, -0.15) is 13.2 Å². The Bertz CT molecular complexity index is 1420. The average molecular weight is 537 g/mol. The SMILES string of the molecule is O=C(Nc1cc(C2CCCO2)cc2c1C(c1cc(F)ccc1Cl)NC2=O)c1cc(F)cc(C(F)(F)F)c1. The molecule has 0 aromatic heterocycles. The number of halogens is 6. The van der Waals surface area contributed by atoms with Gasteiger partial charge in [0.05, 0.1) is 17.7 Å². The van der Waals surface area contributed by atoms with E-state index in [-0.39, 0.29) is 39.6 Å². The summed E-state index contributed by atoms with van der Waals surface area (Å²) in [5.74, 6) is -3.39. The molecule has 0 radical (unpaired) electrons. The van der Waals surface area contributed by atoms with E-state index in [0.717, 1.165) is 18.6 Å². The maximum Gasteiger partial charge on any atom is 0.416 e. The van der Waals surface area contributed by atoms with Crippen molar-refractivity contribution in [1.29, 1.82) is 0 Å². The second-order valence-electron chi connectivity index (χ2n) is 8.78. The van der Waals surface area contributed by atoms with E-state index in [1.54, 1.807) is 12.1 Å². The van der Waals surface area contributed by atoms with Gasteiger partial charge in [-0.1, -0.05) is 11.6 Å². The molecule has 5 rings (SSSR count). The second-order valence-corrected chi connectivity index (χ2v) is 9.19. The van der Waals surface area contributed by atoms with E-state index < -0.39 is 46.8 Å². The Hall–Kier alpha value is -3.50. The average Bonchev–Trinajstić information content (AvgIpc) is 3.48. The van der Waals surface area contributed by atoms with E-state index in [1.165, 1.54) is 6.07 Å². The normalized spacial score (nSPS) is 19.0. The molecule has 192 valence electrons. The highest BCUT2D eigenvalue weighted by atomic mass is 35.5. The first kappa shape index (κ1) is 25.2. The smallest absolute Gasteiger partial charge is 0.374 e. The van der Waals surface area contributed by atoms with Gasteiger partial charge >= 0.3 is 6.18 Å². The molecule has 1 saturated heterocycles. The maximum absolute atomic E-state index is 14.1. The van der Waals surface area contributed by atoms with Gasteiger partial charge in [-0.3, -0.25) is 9.59 Å². The minimum Gasteiger partial charge on any atom is -0.374 e. The summed E-state index contributed by atoms with van der Waals surface area (Å²) in [6.07, 6.45) is -3.79. The summed E-state index contributed by atoms with van der Waals surface area (Å²) in [6.45, 7) is 0.501. The van der Waals surface area contributed by atoms with Gasteiger partial charge in [0.15, 0.2) is 0 Å². The first-order valence-electron chi connectivity index (χ1n) is 11.3. The van der Waals surface area contributed by atoms with Gasteiger partial charge in [0, 0.05) is 39.6 Å². The van der Waals surface area contributed by atoms with Crippen LogP contribution < -0.4 is 10.6 Å². The molecule has 37 heavy (non-hydrogen) atoms. The van der Waals surface area contributed by atoms with E-state index in [0.29, 0.717) is 30.7 Å². The minimum absolute atomic E-state index is 0.0782. The Labute approximate surface area is 212 Å². The molecule has 0 saturated carbocycles. The summed E-state index contributed by atoms with van der Waals surface area (Å²) in [5, 5.41) is 5.40. The van der Waals surface area contributed by atoms with Crippen LogP contribution in [-0.4, -0.2) is 18.4 Å². The van der Waals surface area contributed by atoms with Gasteiger partial charge < -0.3 is 15.4 Å². The summed E-state index contributed by atoms with van der Waals surface area (Å²) in [4.78, 5) is 26.0. The van der Waals surface area contributed by atoms with Crippen molar-refractivity contribution >= 4 is 29.1 Å². The highest BCUT2D eigenvalue weighted by molar-refractivity contribution is 6.31. The maximum atomic E-state index is 14.1. The molecule has 0 spiro atoms. The molecule has 2 N–H and O–H groups in total. The molecular formula is C26H18ClF5N2O3. The number of carbonyl (C=O) groups is 2. The standard InChI is InChI=1S/C26H18ClF5N2O3/c27-19-4-3-15(28)11-17(19)23-22-18(25(36)34-23)8-12(21-2-1-5-37-21)9-20(22)33-24(35)13-6-14(26(30,31)32)10-16(29)7-13/h3-4,6-11,21,23H,1-2,5H2,(H,33,35)(H,34,36). The third-order valence-corrected chi connectivity index (χ3v) is 6.66. The summed E-state index contributed by atoms with van der Waals surface area (Å²) >= 11 is 6.28. The van der Waals surface area contributed by atoms with Crippen LogP contribution in [0.15, 0.2) is 48.5 Å². The number of hydrogen-bond donors (Lipinski definition) is 2. The summed E-state index contributed by atoms with van der Waals surface area (Å²) in [6, 6.07) is 7.31. The van der Waals surface area contributed by atoms with Crippen molar-refractivity contribution in [3.8, 4) is 0 Å². The third-order valence-electron chi connectivity index (χ3n) is 6.32. The number of amides is 2. The number of alkyl halides is 3.